The predicted octanol–water partition coefficient (Wildman–Crippen LogP) is 3.23. The first-order chi connectivity index (χ1) is 12.7. The third-order valence-electron chi connectivity index (χ3n) is 6.51. The average molecular weight is 425 g/mol. The van der Waals surface area contributed by atoms with E-state index in [2.05, 4.69) is 4.18 Å². The maximum Gasteiger partial charge on any atom is 0.405 e. The molecule has 0 saturated heterocycles. The van der Waals surface area contributed by atoms with Gasteiger partial charge in [0.05, 0.1) is 17.6 Å². The van der Waals surface area contributed by atoms with E-state index in [1.54, 1.807) is 0 Å². The molecule has 9 heteroatoms. The van der Waals surface area contributed by atoms with Gasteiger partial charge in [-0.3, -0.25) is 8.98 Å². The Balaban J connectivity index is 1.64. The lowest BCUT2D eigenvalue weighted by molar-refractivity contribution is -0.186. The number of ether oxygens (including phenoxy) is 1. The van der Waals surface area contributed by atoms with Crippen molar-refractivity contribution in [1.29, 1.82) is 0 Å². The van der Waals surface area contributed by atoms with Gasteiger partial charge in [-0.25, -0.2) is 0 Å². The number of hydrogen-bond acceptors (Lipinski definition) is 6. The van der Waals surface area contributed by atoms with Crippen molar-refractivity contribution in [2.45, 2.75) is 82.7 Å². The lowest BCUT2D eigenvalue weighted by Crippen LogP contribution is -2.52. The molecule has 4 aliphatic rings. The van der Waals surface area contributed by atoms with E-state index in [9.17, 15) is 27.1 Å². The second kappa shape index (κ2) is 7.16. The van der Waals surface area contributed by atoms with Crippen LogP contribution in [-0.4, -0.2) is 43.1 Å². The summed E-state index contributed by atoms with van der Waals surface area (Å²) in [4.78, 5) is 12.8. The van der Waals surface area contributed by atoms with Gasteiger partial charge in [0.25, 0.3) is 0 Å². The van der Waals surface area contributed by atoms with Crippen LogP contribution in [0.4, 0.5) is 8.78 Å². The topological polar surface area (TPSA) is 89.9 Å². The minimum Gasteiger partial charge on any atom is -0.454 e. The molecule has 4 saturated carbocycles. The van der Waals surface area contributed by atoms with Crippen LogP contribution in [0.3, 0.4) is 0 Å². The van der Waals surface area contributed by atoms with Crippen LogP contribution in [0.5, 0.6) is 0 Å². The Morgan fingerprint density at radius 2 is 1.61 bits per heavy atom. The van der Waals surface area contributed by atoms with E-state index in [1.807, 2.05) is 0 Å². The third kappa shape index (κ3) is 4.21. The molecule has 0 aromatic heterocycles. The molecule has 28 heavy (non-hydrogen) atoms. The lowest BCUT2D eigenvalue weighted by Gasteiger charge is -2.55. The summed E-state index contributed by atoms with van der Waals surface area (Å²) in [6.07, 6.45) is 2.90. The Labute approximate surface area is 165 Å². The van der Waals surface area contributed by atoms with Crippen LogP contribution in [0.15, 0.2) is 0 Å². The molecular weight excluding hydrogens is 394 g/mol. The van der Waals surface area contributed by atoms with E-state index in [0.717, 1.165) is 26.2 Å². The van der Waals surface area contributed by atoms with Crippen molar-refractivity contribution >= 4 is 16.1 Å². The molecule has 0 aliphatic heterocycles. The lowest BCUT2D eigenvalue weighted by atomic mass is 9.49. The van der Waals surface area contributed by atoms with E-state index in [4.69, 9.17) is 4.74 Å². The number of rotatable bonds is 8. The highest BCUT2D eigenvalue weighted by molar-refractivity contribution is 7.87. The summed E-state index contributed by atoms with van der Waals surface area (Å²) in [6.45, 7) is 3.13. The second-order valence-electron chi connectivity index (χ2n) is 9.65. The fourth-order valence-electron chi connectivity index (χ4n) is 5.40. The minimum atomic E-state index is -5.30. The number of carbonyl (C=O) groups is 1. The van der Waals surface area contributed by atoms with Crippen molar-refractivity contribution in [2.75, 3.05) is 6.61 Å². The van der Waals surface area contributed by atoms with Gasteiger partial charge in [0.15, 0.2) is 6.10 Å². The summed E-state index contributed by atoms with van der Waals surface area (Å²) in [7, 11) is -5.30. The van der Waals surface area contributed by atoms with Crippen LogP contribution >= 0.6 is 0 Å². The van der Waals surface area contributed by atoms with Crippen molar-refractivity contribution in [2.24, 2.45) is 23.2 Å². The normalized spacial score (nSPS) is 33.7. The van der Waals surface area contributed by atoms with Crippen LogP contribution in [0.25, 0.3) is 0 Å². The maximum atomic E-state index is 14.5. The Kier molecular flexibility index (Phi) is 5.60. The molecule has 4 rings (SSSR count). The first-order valence-electron chi connectivity index (χ1n) is 9.94. The Morgan fingerprint density at radius 1 is 1.14 bits per heavy atom. The third-order valence-corrected chi connectivity index (χ3v) is 7.99. The predicted molar refractivity (Wildman–Crippen MR) is 96.9 cm³/mol. The van der Waals surface area contributed by atoms with Crippen molar-refractivity contribution in [1.82, 2.24) is 0 Å². The van der Waals surface area contributed by atoms with Gasteiger partial charge in [-0.15, -0.1) is 0 Å². The van der Waals surface area contributed by atoms with E-state index < -0.39 is 45.1 Å². The number of hydrogen-bond donors (Lipinski definition) is 1. The van der Waals surface area contributed by atoms with Crippen molar-refractivity contribution < 1.29 is 36.0 Å². The number of alkyl halides is 2. The zero-order chi connectivity index (χ0) is 21.0. The molecule has 0 spiro atoms. The maximum absolute atomic E-state index is 14.5. The van der Waals surface area contributed by atoms with Crippen LogP contribution in [-0.2, 0) is 23.8 Å². The van der Waals surface area contributed by atoms with Gasteiger partial charge in [-0.05, 0) is 77.0 Å². The smallest absolute Gasteiger partial charge is 0.405 e. The Morgan fingerprint density at radius 3 is 2.04 bits per heavy atom. The molecule has 0 aromatic rings. The molecule has 4 fully saturated rings. The fraction of sp³-hybridized carbons (Fsp3) is 0.947. The summed E-state index contributed by atoms with van der Waals surface area (Å²) < 4.78 is 62.3. The molecule has 4 bridgehead atoms. The molecule has 0 heterocycles. The van der Waals surface area contributed by atoms with Gasteiger partial charge in [-0.2, -0.15) is 17.2 Å². The molecule has 1 unspecified atom stereocenters. The quantitative estimate of drug-likeness (QED) is 0.475. The zero-order valence-electron chi connectivity index (χ0n) is 16.6. The van der Waals surface area contributed by atoms with Crippen LogP contribution in [0, 0.1) is 23.2 Å². The zero-order valence-corrected chi connectivity index (χ0v) is 17.4. The molecule has 0 aromatic carbocycles. The monoisotopic (exact) mass is 424 g/mol. The summed E-state index contributed by atoms with van der Waals surface area (Å²) in [5.74, 6) is 0.598. The molecule has 1 atom stereocenters. The number of carbonyl (C=O) groups excluding carboxylic acids is 1. The van der Waals surface area contributed by atoms with Gasteiger partial charge in [0.2, 0.25) is 0 Å². The summed E-state index contributed by atoms with van der Waals surface area (Å²) in [5.41, 5.74) is -1.99. The van der Waals surface area contributed by atoms with Crippen molar-refractivity contribution in [3.63, 3.8) is 0 Å². The molecule has 162 valence electrons. The van der Waals surface area contributed by atoms with E-state index in [1.165, 1.54) is 13.8 Å². The largest absolute Gasteiger partial charge is 0.454 e. The van der Waals surface area contributed by atoms with Gasteiger partial charge in [-0.1, -0.05) is 0 Å². The first kappa shape index (κ1) is 21.9. The number of halogens is 2. The van der Waals surface area contributed by atoms with E-state index in [-0.39, 0.29) is 6.42 Å². The fourth-order valence-corrected chi connectivity index (χ4v) is 6.31. The summed E-state index contributed by atoms with van der Waals surface area (Å²) >= 11 is 0. The van der Waals surface area contributed by atoms with Gasteiger partial charge in [0, 0.05) is 6.42 Å². The highest BCUT2D eigenvalue weighted by Gasteiger charge is 2.58. The number of aliphatic hydroxyl groups is 1. The van der Waals surface area contributed by atoms with Gasteiger partial charge in [0.1, 0.15) is 0 Å². The van der Waals surface area contributed by atoms with Gasteiger partial charge >= 0.3 is 21.3 Å². The molecule has 0 radical (unpaired) electrons. The molecule has 4 aliphatic carbocycles. The number of esters is 1. The summed E-state index contributed by atoms with van der Waals surface area (Å²) in [5, 5.41) is 5.19. The minimum absolute atomic E-state index is 0.135. The molecule has 0 amide bonds. The SMILES string of the molecule is CC(OC(=O)C12CC3CC(CC(C3)C1)C2)C(F)(F)S(=O)(=O)OCCC(C)(C)O. The molecular formula is C19H30F2O6S. The highest BCUT2D eigenvalue weighted by atomic mass is 32.2. The molecule has 6 nitrogen and oxygen atoms in total. The Bertz CT molecular complexity index is 677. The van der Waals surface area contributed by atoms with Gasteiger partial charge < -0.3 is 9.84 Å². The standard InChI is InChI=1S/C19H30F2O6S/c1-12(19(20,21)28(24,25)26-5-4-17(2,3)23)27-16(22)18-9-13-6-14(10-18)8-15(7-13)11-18/h12-15,23H,4-11H2,1-3H3. The van der Waals surface area contributed by atoms with E-state index in [0.29, 0.717) is 37.0 Å². The molecule has 1 N–H and O–H groups in total. The average Bonchev–Trinajstić information content (AvgIpc) is 2.51. The van der Waals surface area contributed by atoms with Crippen molar-refractivity contribution in [3.05, 3.63) is 0 Å². The second-order valence-corrected chi connectivity index (χ2v) is 11.3. The van der Waals surface area contributed by atoms with Crippen LogP contribution < -0.4 is 0 Å². The van der Waals surface area contributed by atoms with Crippen molar-refractivity contribution in [3.8, 4) is 0 Å². The van der Waals surface area contributed by atoms with Crippen LogP contribution in [0.2, 0.25) is 0 Å². The summed E-state index contributed by atoms with van der Waals surface area (Å²) in [6, 6.07) is 0. The highest BCUT2D eigenvalue weighted by Crippen LogP contribution is 2.60. The van der Waals surface area contributed by atoms with Crippen LogP contribution in [0.1, 0.15) is 65.7 Å². The van der Waals surface area contributed by atoms with E-state index >= 15 is 0 Å². The Hall–Kier alpha value is -0.800. The first-order valence-corrected chi connectivity index (χ1v) is 11.4.